The number of esters is 1. The Balaban J connectivity index is 1.46. The number of fused-ring (bicyclic) bond motifs is 1. The van der Waals surface area contributed by atoms with Gasteiger partial charge < -0.3 is 14.6 Å². The Morgan fingerprint density at radius 3 is 2.87 bits per heavy atom. The van der Waals surface area contributed by atoms with E-state index in [1.807, 2.05) is 23.6 Å². The van der Waals surface area contributed by atoms with Crippen LogP contribution < -0.4 is 5.32 Å². The van der Waals surface area contributed by atoms with E-state index in [2.05, 4.69) is 20.9 Å². The molecule has 0 aliphatic heterocycles. The van der Waals surface area contributed by atoms with Gasteiger partial charge in [-0.05, 0) is 48.7 Å². The van der Waals surface area contributed by atoms with Crippen LogP contribution >= 0.6 is 11.3 Å². The van der Waals surface area contributed by atoms with Gasteiger partial charge in [0.2, 0.25) is 5.91 Å². The van der Waals surface area contributed by atoms with E-state index in [9.17, 15) is 9.59 Å². The molecule has 0 radical (unpaired) electrons. The molecule has 1 aromatic carbocycles. The van der Waals surface area contributed by atoms with Crippen LogP contribution in [0.3, 0.4) is 0 Å². The summed E-state index contributed by atoms with van der Waals surface area (Å²) in [6, 6.07) is 14.6. The zero-order chi connectivity index (χ0) is 21.6. The lowest BCUT2D eigenvalue weighted by atomic mass is 10.2. The van der Waals surface area contributed by atoms with Gasteiger partial charge in [0.1, 0.15) is 11.3 Å². The predicted molar refractivity (Wildman–Crippen MR) is 120 cm³/mol. The quantitative estimate of drug-likeness (QED) is 0.418. The summed E-state index contributed by atoms with van der Waals surface area (Å²) >= 11 is 1.68. The van der Waals surface area contributed by atoms with Gasteiger partial charge in [0.05, 0.1) is 18.7 Å². The number of rotatable bonds is 8. The van der Waals surface area contributed by atoms with E-state index in [0.29, 0.717) is 30.8 Å². The van der Waals surface area contributed by atoms with E-state index in [1.165, 1.54) is 4.88 Å². The van der Waals surface area contributed by atoms with Crippen molar-refractivity contribution < 1.29 is 14.3 Å². The fraction of sp³-hybridized carbons (Fsp3) is 0.217. The van der Waals surface area contributed by atoms with Crippen LogP contribution in [0.4, 0.5) is 5.69 Å². The molecular weight excluding hydrogens is 412 g/mol. The third kappa shape index (κ3) is 4.97. The second-order valence-corrected chi connectivity index (χ2v) is 7.92. The third-order valence-corrected chi connectivity index (χ3v) is 5.57. The maximum absolute atomic E-state index is 12.6. The van der Waals surface area contributed by atoms with Crippen LogP contribution in [0.2, 0.25) is 0 Å². The van der Waals surface area contributed by atoms with Gasteiger partial charge in [0.25, 0.3) is 0 Å². The zero-order valence-electron chi connectivity index (χ0n) is 17.1. The maximum atomic E-state index is 12.6. The molecule has 0 atom stereocenters. The normalized spacial score (nSPS) is 10.9. The van der Waals surface area contributed by atoms with Gasteiger partial charge in [0, 0.05) is 29.6 Å². The Kier molecular flexibility index (Phi) is 6.37. The highest BCUT2D eigenvalue weighted by atomic mass is 32.1. The molecule has 0 saturated heterocycles. The Hall–Kier alpha value is -3.52. The number of nitrogens with zero attached hydrogens (tertiary/aromatic N) is 3. The molecule has 8 heteroatoms. The number of aromatic nitrogens is 3. The molecule has 4 rings (SSSR count). The summed E-state index contributed by atoms with van der Waals surface area (Å²) in [6.07, 6.45) is 2.49. The molecule has 0 aliphatic carbocycles. The van der Waals surface area contributed by atoms with Crippen LogP contribution in [-0.4, -0.2) is 33.0 Å². The molecule has 7 nitrogen and oxygen atoms in total. The number of imidazole rings is 1. The molecule has 0 unspecified atom stereocenters. The molecular formula is C23H22N4O3S. The SMILES string of the molecule is CCOC(=O)c1cccc(NC(=O)CCc2nc3cccnc3n2Cc2cccs2)c1. The first kappa shape index (κ1) is 20.7. The van der Waals surface area contributed by atoms with Crippen LogP contribution in [-0.2, 0) is 22.5 Å². The lowest BCUT2D eigenvalue weighted by molar-refractivity contribution is -0.116. The lowest BCUT2D eigenvalue weighted by Gasteiger charge is -2.09. The number of thiophene rings is 1. The Labute approximate surface area is 183 Å². The first-order chi connectivity index (χ1) is 15.1. The minimum Gasteiger partial charge on any atom is -0.462 e. The smallest absolute Gasteiger partial charge is 0.338 e. The van der Waals surface area contributed by atoms with Crippen molar-refractivity contribution in [2.24, 2.45) is 0 Å². The summed E-state index contributed by atoms with van der Waals surface area (Å²) in [4.78, 5) is 34.8. The van der Waals surface area contributed by atoms with E-state index in [1.54, 1.807) is 48.7 Å². The van der Waals surface area contributed by atoms with Crippen molar-refractivity contribution in [1.29, 1.82) is 0 Å². The van der Waals surface area contributed by atoms with Crippen molar-refractivity contribution in [1.82, 2.24) is 14.5 Å². The summed E-state index contributed by atoms with van der Waals surface area (Å²) in [7, 11) is 0. The average Bonchev–Trinajstić information content (AvgIpc) is 3.41. The number of aryl methyl sites for hydroxylation is 1. The van der Waals surface area contributed by atoms with Crippen molar-refractivity contribution in [3.63, 3.8) is 0 Å². The fourth-order valence-corrected chi connectivity index (χ4v) is 4.00. The van der Waals surface area contributed by atoms with E-state index in [-0.39, 0.29) is 12.3 Å². The molecule has 158 valence electrons. The van der Waals surface area contributed by atoms with Crippen LogP contribution in [0.25, 0.3) is 11.2 Å². The molecule has 0 saturated carbocycles. The number of pyridine rings is 1. The van der Waals surface area contributed by atoms with Crippen molar-refractivity contribution in [2.75, 3.05) is 11.9 Å². The number of benzene rings is 1. The lowest BCUT2D eigenvalue weighted by Crippen LogP contribution is -2.15. The summed E-state index contributed by atoms with van der Waals surface area (Å²) in [6.45, 7) is 2.73. The molecule has 3 aromatic heterocycles. The number of amides is 1. The average molecular weight is 435 g/mol. The Bertz CT molecular complexity index is 1200. The predicted octanol–water partition coefficient (Wildman–Crippen LogP) is 4.29. The number of hydrogen-bond donors (Lipinski definition) is 1. The summed E-state index contributed by atoms with van der Waals surface area (Å²) in [5.41, 5.74) is 2.60. The molecule has 0 aliphatic rings. The largest absolute Gasteiger partial charge is 0.462 e. The van der Waals surface area contributed by atoms with Crippen LogP contribution in [0.5, 0.6) is 0 Å². The van der Waals surface area contributed by atoms with Gasteiger partial charge >= 0.3 is 5.97 Å². The number of ether oxygens (including phenoxy) is 1. The van der Waals surface area contributed by atoms with Gasteiger partial charge in [-0.1, -0.05) is 12.1 Å². The van der Waals surface area contributed by atoms with E-state index < -0.39 is 5.97 Å². The zero-order valence-corrected chi connectivity index (χ0v) is 17.9. The highest BCUT2D eigenvalue weighted by Gasteiger charge is 2.15. The van der Waals surface area contributed by atoms with Crippen molar-refractivity contribution in [3.05, 3.63) is 76.4 Å². The van der Waals surface area contributed by atoms with Gasteiger partial charge in [0.15, 0.2) is 5.65 Å². The van der Waals surface area contributed by atoms with Crippen molar-refractivity contribution in [2.45, 2.75) is 26.3 Å². The minimum absolute atomic E-state index is 0.149. The molecule has 4 aromatic rings. The van der Waals surface area contributed by atoms with Crippen LogP contribution in [0.15, 0.2) is 60.1 Å². The first-order valence-corrected chi connectivity index (χ1v) is 10.9. The second-order valence-electron chi connectivity index (χ2n) is 6.89. The van der Waals surface area contributed by atoms with Crippen molar-refractivity contribution in [3.8, 4) is 0 Å². The van der Waals surface area contributed by atoms with Gasteiger partial charge in [-0.25, -0.2) is 14.8 Å². The number of carbonyl (C=O) groups is 2. The second kappa shape index (κ2) is 9.53. The van der Waals surface area contributed by atoms with E-state index >= 15 is 0 Å². The van der Waals surface area contributed by atoms with Gasteiger partial charge in [-0.15, -0.1) is 11.3 Å². The molecule has 0 bridgehead atoms. The van der Waals surface area contributed by atoms with E-state index in [0.717, 1.165) is 17.0 Å². The molecule has 31 heavy (non-hydrogen) atoms. The topological polar surface area (TPSA) is 86.1 Å². The Morgan fingerprint density at radius 1 is 1.16 bits per heavy atom. The summed E-state index contributed by atoms with van der Waals surface area (Å²) in [5.74, 6) is 0.259. The summed E-state index contributed by atoms with van der Waals surface area (Å²) in [5, 5.41) is 4.89. The van der Waals surface area contributed by atoms with Crippen LogP contribution in [0, 0.1) is 0 Å². The van der Waals surface area contributed by atoms with Gasteiger partial charge in [-0.3, -0.25) is 4.79 Å². The molecule has 0 spiro atoms. The number of nitrogens with one attached hydrogen (secondary N) is 1. The monoisotopic (exact) mass is 434 g/mol. The molecule has 0 fully saturated rings. The fourth-order valence-electron chi connectivity index (χ4n) is 3.31. The number of hydrogen-bond acceptors (Lipinski definition) is 6. The van der Waals surface area contributed by atoms with E-state index in [4.69, 9.17) is 9.72 Å². The minimum atomic E-state index is -0.409. The van der Waals surface area contributed by atoms with Crippen molar-refractivity contribution >= 4 is 40.1 Å². The maximum Gasteiger partial charge on any atom is 0.338 e. The van der Waals surface area contributed by atoms with Crippen LogP contribution in [0.1, 0.15) is 34.4 Å². The van der Waals surface area contributed by atoms with Gasteiger partial charge in [-0.2, -0.15) is 0 Å². The highest BCUT2D eigenvalue weighted by molar-refractivity contribution is 7.09. The number of anilines is 1. The molecule has 1 amide bonds. The Morgan fingerprint density at radius 2 is 2.06 bits per heavy atom. The molecule has 3 heterocycles. The number of carbonyl (C=O) groups excluding carboxylic acids is 2. The third-order valence-electron chi connectivity index (χ3n) is 4.71. The standard InChI is InChI=1S/C23H22N4O3S/c1-2-30-23(29)16-6-3-7-17(14-16)25-21(28)11-10-20-26-19-9-4-12-24-22(19)27(20)15-18-8-5-13-31-18/h3-9,12-14H,2,10-11,15H2,1H3,(H,25,28). The molecule has 1 N–H and O–H groups in total. The first-order valence-electron chi connectivity index (χ1n) is 10.0. The summed E-state index contributed by atoms with van der Waals surface area (Å²) < 4.78 is 7.08. The highest BCUT2D eigenvalue weighted by Crippen LogP contribution is 2.20.